The van der Waals surface area contributed by atoms with Crippen LogP contribution in [0.15, 0.2) is 77.6 Å². The first-order chi connectivity index (χ1) is 21.0. The van der Waals surface area contributed by atoms with E-state index in [2.05, 4.69) is 33.4 Å². The highest BCUT2D eigenvalue weighted by Crippen LogP contribution is 2.36. The minimum atomic E-state index is -0.153. The highest BCUT2D eigenvalue weighted by atomic mass is 16.5. The van der Waals surface area contributed by atoms with Crippen LogP contribution < -0.4 is 25.0 Å². The van der Waals surface area contributed by atoms with Gasteiger partial charge in [0.2, 0.25) is 5.91 Å². The molecule has 0 unspecified atom stereocenters. The zero-order chi connectivity index (χ0) is 29.9. The molecule has 8 nitrogen and oxygen atoms in total. The van der Waals surface area contributed by atoms with Crippen LogP contribution in [0.3, 0.4) is 0 Å². The number of rotatable bonds is 9. The van der Waals surface area contributed by atoms with E-state index in [4.69, 9.17) is 14.2 Å². The van der Waals surface area contributed by atoms with E-state index >= 15 is 0 Å². The molecule has 0 saturated carbocycles. The minimum absolute atomic E-state index is 0.0887. The number of nitrogens with one attached hydrogen (secondary N) is 2. The summed E-state index contributed by atoms with van der Waals surface area (Å²) in [6.45, 7) is 2.79. The Balaban J connectivity index is 1.09. The molecular weight excluding hydrogens is 542 g/mol. The second-order valence-electron chi connectivity index (χ2n) is 10.8. The van der Waals surface area contributed by atoms with Crippen molar-refractivity contribution in [1.82, 2.24) is 9.88 Å². The van der Waals surface area contributed by atoms with Crippen molar-refractivity contribution in [2.24, 2.45) is 0 Å². The molecular formula is C35H35N3O5. The Morgan fingerprint density at radius 1 is 0.860 bits per heavy atom. The molecule has 43 heavy (non-hydrogen) atoms. The number of aromatic nitrogens is 1. The van der Waals surface area contributed by atoms with Crippen LogP contribution in [0.5, 0.6) is 17.2 Å². The van der Waals surface area contributed by atoms with E-state index in [-0.39, 0.29) is 17.8 Å². The molecule has 0 saturated heterocycles. The Kier molecular flexibility index (Phi) is 8.03. The smallest absolute Gasteiger partial charge is 0.228 e. The third-order valence-corrected chi connectivity index (χ3v) is 8.26. The predicted molar refractivity (Wildman–Crippen MR) is 170 cm³/mol. The van der Waals surface area contributed by atoms with Gasteiger partial charge in [-0.15, -0.1) is 0 Å². The summed E-state index contributed by atoms with van der Waals surface area (Å²) in [5.41, 5.74) is 6.40. The van der Waals surface area contributed by atoms with Gasteiger partial charge >= 0.3 is 0 Å². The highest BCUT2D eigenvalue weighted by Gasteiger charge is 2.22. The number of anilines is 1. The molecule has 1 aliphatic heterocycles. The molecule has 0 fully saturated rings. The quantitative estimate of drug-likeness (QED) is 0.225. The van der Waals surface area contributed by atoms with Crippen LogP contribution >= 0.6 is 0 Å². The van der Waals surface area contributed by atoms with Crippen molar-refractivity contribution in [2.45, 2.75) is 25.8 Å². The lowest BCUT2D eigenvalue weighted by molar-refractivity contribution is -0.115. The number of hydrogen-bond donors (Lipinski definition) is 2. The number of hydrogen-bond acceptors (Lipinski definition) is 6. The van der Waals surface area contributed by atoms with E-state index in [1.807, 2.05) is 36.4 Å². The molecule has 8 heteroatoms. The lowest BCUT2D eigenvalue weighted by atomic mass is 9.97. The number of para-hydroxylation sites is 2. The number of carbonyl (C=O) groups excluding carboxylic acids is 1. The lowest BCUT2D eigenvalue weighted by Crippen LogP contribution is -2.32. The van der Waals surface area contributed by atoms with Crippen molar-refractivity contribution >= 4 is 33.4 Å². The van der Waals surface area contributed by atoms with E-state index < -0.39 is 0 Å². The minimum Gasteiger partial charge on any atom is -0.495 e. The zero-order valence-corrected chi connectivity index (χ0v) is 24.7. The van der Waals surface area contributed by atoms with Gasteiger partial charge < -0.3 is 24.5 Å². The average Bonchev–Trinajstić information content (AvgIpc) is 3.04. The summed E-state index contributed by atoms with van der Waals surface area (Å²) < 4.78 is 16.5. The maximum absolute atomic E-state index is 13.2. The first-order valence-corrected chi connectivity index (χ1v) is 14.4. The standard InChI is InChI=1S/C35H35N3O5/c1-41-29-9-5-8-28-33(29)37-32-23(6-4-7-27(32)34(28)40)20-31(39)36-25-13-10-22(11-14-25)16-18-38-19-17-26-24(21-38)12-15-30(42-2)35(26)43-3/h4-15H,16-21H2,1-3H3,(H,36,39)(H,37,40). The molecule has 1 aromatic heterocycles. The fourth-order valence-corrected chi connectivity index (χ4v) is 6.03. The average molecular weight is 578 g/mol. The van der Waals surface area contributed by atoms with Gasteiger partial charge in [0.25, 0.3) is 0 Å². The zero-order valence-electron chi connectivity index (χ0n) is 24.7. The molecule has 6 rings (SSSR count). The number of benzene rings is 4. The predicted octanol–water partition coefficient (Wildman–Crippen LogP) is 5.49. The van der Waals surface area contributed by atoms with Crippen LogP contribution in [-0.4, -0.2) is 50.2 Å². The van der Waals surface area contributed by atoms with Crippen LogP contribution in [0.4, 0.5) is 5.69 Å². The third-order valence-electron chi connectivity index (χ3n) is 8.26. The molecule has 2 heterocycles. The first kappa shape index (κ1) is 28.3. The molecule has 1 aliphatic rings. The van der Waals surface area contributed by atoms with Crippen LogP contribution in [0, 0.1) is 0 Å². The van der Waals surface area contributed by atoms with Crippen LogP contribution in [0.2, 0.25) is 0 Å². The van der Waals surface area contributed by atoms with E-state index in [0.717, 1.165) is 55.2 Å². The van der Waals surface area contributed by atoms with Crippen molar-refractivity contribution in [2.75, 3.05) is 39.7 Å². The molecule has 1 amide bonds. The van der Waals surface area contributed by atoms with Crippen molar-refractivity contribution in [3.63, 3.8) is 0 Å². The summed E-state index contributed by atoms with van der Waals surface area (Å²) in [5, 5.41) is 4.11. The van der Waals surface area contributed by atoms with Crippen LogP contribution in [0.25, 0.3) is 21.8 Å². The number of pyridine rings is 1. The summed E-state index contributed by atoms with van der Waals surface area (Å²) in [6.07, 6.45) is 1.97. The van der Waals surface area contributed by atoms with Crippen LogP contribution in [-0.2, 0) is 30.6 Å². The maximum Gasteiger partial charge on any atom is 0.228 e. The lowest BCUT2D eigenvalue weighted by Gasteiger charge is -2.30. The number of carbonyl (C=O) groups is 1. The molecule has 0 aliphatic carbocycles. The second-order valence-corrected chi connectivity index (χ2v) is 10.8. The monoisotopic (exact) mass is 577 g/mol. The second kappa shape index (κ2) is 12.2. The molecule has 220 valence electrons. The number of nitrogens with zero attached hydrogens (tertiary/aromatic N) is 1. The van der Waals surface area contributed by atoms with Crippen molar-refractivity contribution in [3.8, 4) is 17.2 Å². The van der Waals surface area contributed by atoms with E-state index in [1.165, 1.54) is 16.7 Å². The topological polar surface area (TPSA) is 92.9 Å². The van der Waals surface area contributed by atoms with Gasteiger partial charge in [-0.2, -0.15) is 0 Å². The van der Waals surface area contributed by atoms with E-state index in [0.29, 0.717) is 27.6 Å². The maximum atomic E-state index is 13.2. The van der Waals surface area contributed by atoms with E-state index in [9.17, 15) is 9.59 Å². The van der Waals surface area contributed by atoms with Crippen molar-refractivity contribution < 1.29 is 19.0 Å². The summed E-state index contributed by atoms with van der Waals surface area (Å²) in [4.78, 5) is 32.0. The molecule has 5 aromatic rings. The third kappa shape index (κ3) is 5.66. The van der Waals surface area contributed by atoms with Gasteiger partial charge in [-0.25, -0.2) is 0 Å². The number of H-pyrrole nitrogens is 1. The Bertz CT molecular complexity index is 1860. The van der Waals surface area contributed by atoms with Gasteiger partial charge in [0.15, 0.2) is 16.9 Å². The van der Waals surface area contributed by atoms with Gasteiger partial charge in [-0.1, -0.05) is 36.4 Å². The Hall–Kier alpha value is -4.82. The molecule has 4 aromatic carbocycles. The van der Waals surface area contributed by atoms with Crippen LogP contribution in [0.1, 0.15) is 22.3 Å². The first-order valence-electron chi connectivity index (χ1n) is 14.4. The molecule has 0 spiro atoms. The highest BCUT2D eigenvalue weighted by molar-refractivity contribution is 5.99. The van der Waals surface area contributed by atoms with Gasteiger partial charge in [-0.05, 0) is 65.9 Å². The number of amides is 1. The Morgan fingerprint density at radius 3 is 2.35 bits per heavy atom. The summed E-state index contributed by atoms with van der Waals surface area (Å²) in [6, 6.07) is 23.0. The molecule has 0 atom stereocenters. The van der Waals surface area contributed by atoms with Gasteiger partial charge in [-0.3, -0.25) is 14.5 Å². The Morgan fingerprint density at radius 2 is 1.60 bits per heavy atom. The summed E-state index contributed by atoms with van der Waals surface area (Å²) >= 11 is 0. The fourth-order valence-electron chi connectivity index (χ4n) is 6.03. The number of methoxy groups -OCH3 is 3. The fraction of sp³-hybridized carbons (Fsp3) is 0.257. The molecule has 0 radical (unpaired) electrons. The normalized spacial score (nSPS) is 13.1. The summed E-state index contributed by atoms with van der Waals surface area (Å²) in [5.74, 6) is 2.06. The number of aromatic amines is 1. The molecule has 2 N–H and O–H groups in total. The molecule has 0 bridgehead atoms. The number of fused-ring (bicyclic) bond motifs is 3. The van der Waals surface area contributed by atoms with E-state index in [1.54, 1.807) is 39.5 Å². The Labute approximate surface area is 250 Å². The SMILES string of the molecule is COc1ccc2c(c1OC)CCN(CCc1ccc(NC(=O)Cc3cccc4c(=O)c5cccc(OC)c5[nH]c34)cc1)C2. The van der Waals surface area contributed by atoms with Gasteiger partial charge in [0.05, 0.1) is 38.8 Å². The summed E-state index contributed by atoms with van der Waals surface area (Å²) in [7, 11) is 4.94. The number of ether oxygens (including phenoxy) is 3. The van der Waals surface area contributed by atoms with Gasteiger partial charge in [0, 0.05) is 41.7 Å². The van der Waals surface area contributed by atoms with Crippen molar-refractivity contribution in [3.05, 3.63) is 105 Å². The largest absolute Gasteiger partial charge is 0.495 e. The van der Waals surface area contributed by atoms with Crippen molar-refractivity contribution in [1.29, 1.82) is 0 Å². The van der Waals surface area contributed by atoms with Gasteiger partial charge in [0.1, 0.15) is 5.75 Å².